The standard InChI is InChI=1S/C16H24N2OS/c1-12-7-8-13(20-12)11-16(19)18-10-4-6-15(18)14-5-3-9-17(14)2/h7-8,14-15H,3-6,9-11H2,1-2H3. The van der Waals surface area contributed by atoms with Gasteiger partial charge < -0.3 is 9.80 Å². The quantitative estimate of drug-likeness (QED) is 0.855. The lowest BCUT2D eigenvalue weighted by Gasteiger charge is -2.33. The van der Waals surface area contributed by atoms with Crippen molar-refractivity contribution in [2.45, 2.75) is 51.1 Å². The third-order valence-corrected chi connectivity index (χ3v) is 5.76. The fraction of sp³-hybridized carbons (Fsp3) is 0.688. The zero-order chi connectivity index (χ0) is 14.1. The zero-order valence-corrected chi connectivity index (χ0v) is 13.3. The van der Waals surface area contributed by atoms with Gasteiger partial charge >= 0.3 is 0 Å². The molecule has 0 aliphatic carbocycles. The summed E-state index contributed by atoms with van der Waals surface area (Å²) in [6.07, 6.45) is 5.48. The molecule has 0 N–H and O–H groups in total. The molecule has 2 aliphatic rings. The second-order valence-electron chi connectivity index (χ2n) is 6.18. The number of thiophene rings is 1. The minimum Gasteiger partial charge on any atom is -0.338 e. The van der Waals surface area contributed by atoms with Gasteiger partial charge in [-0.3, -0.25) is 4.79 Å². The van der Waals surface area contributed by atoms with E-state index in [-0.39, 0.29) is 0 Å². The smallest absolute Gasteiger partial charge is 0.228 e. The maximum absolute atomic E-state index is 12.6. The highest BCUT2D eigenvalue weighted by Crippen LogP contribution is 2.29. The fourth-order valence-corrected chi connectivity index (χ4v) is 4.64. The van der Waals surface area contributed by atoms with Gasteiger partial charge in [-0.25, -0.2) is 0 Å². The summed E-state index contributed by atoms with van der Waals surface area (Å²) in [6.45, 7) is 4.25. The Balaban J connectivity index is 1.67. The molecule has 0 saturated carbocycles. The van der Waals surface area contributed by atoms with Crippen molar-refractivity contribution in [3.8, 4) is 0 Å². The summed E-state index contributed by atoms with van der Waals surface area (Å²) in [7, 11) is 2.21. The van der Waals surface area contributed by atoms with Gasteiger partial charge in [0.15, 0.2) is 0 Å². The maximum atomic E-state index is 12.6. The highest BCUT2D eigenvalue weighted by molar-refractivity contribution is 7.12. The van der Waals surface area contributed by atoms with Crippen LogP contribution in [0.25, 0.3) is 0 Å². The topological polar surface area (TPSA) is 23.6 Å². The largest absolute Gasteiger partial charge is 0.338 e. The number of likely N-dealkylation sites (N-methyl/N-ethyl adjacent to an activating group) is 1. The first kappa shape index (κ1) is 14.1. The average molecular weight is 292 g/mol. The van der Waals surface area contributed by atoms with E-state index in [9.17, 15) is 4.79 Å². The van der Waals surface area contributed by atoms with Crippen molar-refractivity contribution in [3.63, 3.8) is 0 Å². The van der Waals surface area contributed by atoms with Crippen molar-refractivity contribution in [1.82, 2.24) is 9.80 Å². The summed E-state index contributed by atoms with van der Waals surface area (Å²) < 4.78 is 0. The van der Waals surface area contributed by atoms with Crippen LogP contribution in [0.5, 0.6) is 0 Å². The predicted octanol–water partition coefficient (Wildman–Crippen LogP) is 2.68. The van der Waals surface area contributed by atoms with Crippen molar-refractivity contribution in [1.29, 1.82) is 0 Å². The molecular formula is C16H24N2OS. The molecule has 3 nitrogen and oxygen atoms in total. The maximum Gasteiger partial charge on any atom is 0.228 e. The van der Waals surface area contributed by atoms with Gasteiger partial charge in [0.25, 0.3) is 0 Å². The van der Waals surface area contributed by atoms with E-state index in [1.54, 1.807) is 11.3 Å². The third-order valence-electron chi connectivity index (χ3n) is 4.76. The van der Waals surface area contributed by atoms with Gasteiger partial charge in [0.1, 0.15) is 0 Å². The van der Waals surface area contributed by atoms with E-state index < -0.39 is 0 Å². The first-order valence-corrected chi connectivity index (χ1v) is 8.52. The Bertz CT molecular complexity index is 485. The van der Waals surface area contributed by atoms with Crippen LogP contribution in [-0.2, 0) is 11.2 Å². The molecule has 3 rings (SSSR count). The van der Waals surface area contributed by atoms with Crippen LogP contribution in [0.4, 0.5) is 0 Å². The molecule has 0 spiro atoms. The summed E-state index contributed by atoms with van der Waals surface area (Å²) >= 11 is 1.75. The lowest BCUT2D eigenvalue weighted by Crippen LogP contribution is -2.47. The molecule has 2 saturated heterocycles. The summed E-state index contributed by atoms with van der Waals surface area (Å²) in [6, 6.07) is 5.26. The Hall–Kier alpha value is -0.870. The number of hydrogen-bond donors (Lipinski definition) is 0. The van der Waals surface area contributed by atoms with E-state index >= 15 is 0 Å². The van der Waals surface area contributed by atoms with Crippen LogP contribution >= 0.6 is 11.3 Å². The second kappa shape index (κ2) is 5.86. The number of hydrogen-bond acceptors (Lipinski definition) is 3. The predicted molar refractivity (Wildman–Crippen MR) is 83.1 cm³/mol. The van der Waals surface area contributed by atoms with Crippen LogP contribution in [0, 0.1) is 6.92 Å². The molecule has 1 aromatic rings. The first-order valence-electron chi connectivity index (χ1n) is 7.70. The van der Waals surface area contributed by atoms with Gasteiger partial charge in [0.2, 0.25) is 5.91 Å². The molecule has 2 aliphatic heterocycles. The minimum absolute atomic E-state index is 0.328. The van der Waals surface area contributed by atoms with E-state index in [4.69, 9.17) is 0 Å². The van der Waals surface area contributed by atoms with E-state index in [1.165, 1.54) is 42.0 Å². The number of nitrogens with zero attached hydrogens (tertiary/aromatic N) is 2. The van der Waals surface area contributed by atoms with Gasteiger partial charge in [0, 0.05) is 28.4 Å². The van der Waals surface area contributed by atoms with Crippen LogP contribution in [0.1, 0.15) is 35.4 Å². The number of aryl methyl sites for hydroxylation is 1. The van der Waals surface area contributed by atoms with Crippen LogP contribution in [0.3, 0.4) is 0 Å². The van der Waals surface area contributed by atoms with Gasteiger partial charge in [-0.2, -0.15) is 0 Å². The van der Waals surface area contributed by atoms with E-state index in [0.717, 1.165) is 6.54 Å². The molecule has 0 radical (unpaired) electrons. The van der Waals surface area contributed by atoms with Gasteiger partial charge in [0.05, 0.1) is 6.42 Å². The van der Waals surface area contributed by atoms with Crippen molar-refractivity contribution in [3.05, 3.63) is 21.9 Å². The molecule has 2 atom stereocenters. The highest BCUT2D eigenvalue weighted by Gasteiger charge is 2.38. The van der Waals surface area contributed by atoms with Crippen molar-refractivity contribution >= 4 is 17.2 Å². The minimum atomic E-state index is 0.328. The Morgan fingerprint density at radius 1 is 1.25 bits per heavy atom. The van der Waals surface area contributed by atoms with Gasteiger partial charge in [-0.05, 0) is 58.3 Å². The summed E-state index contributed by atoms with van der Waals surface area (Å²) in [5.41, 5.74) is 0. The molecule has 3 heterocycles. The molecule has 2 fully saturated rings. The van der Waals surface area contributed by atoms with Crippen molar-refractivity contribution in [2.24, 2.45) is 0 Å². The van der Waals surface area contributed by atoms with Crippen LogP contribution in [0.15, 0.2) is 12.1 Å². The molecule has 0 aromatic carbocycles. The lowest BCUT2D eigenvalue weighted by atomic mass is 10.0. The van der Waals surface area contributed by atoms with Crippen molar-refractivity contribution in [2.75, 3.05) is 20.1 Å². The Kier molecular flexibility index (Phi) is 4.13. The van der Waals surface area contributed by atoms with Crippen LogP contribution < -0.4 is 0 Å². The Morgan fingerprint density at radius 3 is 2.65 bits per heavy atom. The Labute approximate surface area is 125 Å². The summed E-state index contributed by atoms with van der Waals surface area (Å²) in [5.74, 6) is 0.328. The van der Waals surface area contributed by atoms with Crippen molar-refractivity contribution < 1.29 is 4.79 Å². The summed E-state index contributed by atoms with van der Waals surface area (Å²) in [5, 5.41) is 0. The number of amides is 1. The van der Waals surface area contributed by atoms with E-state index in [1.807, 2.05) is 0 Å². The molecule has 1 aromatic heterocycles. The van der Waals surface area contributed by atoms with Crippen LogP contribution in [0.2, 0.25) is 0 Å². The Morgan fingerprint density at radius 2 is 2.00 bits per heavy atom. The normalized spacial score (nSPS) is 27.4. The second-order valence-corrected chi connectivity index (χ2v) is 7.55. The van der Waals surface area contributed by atoms with Gasteiger partial charge in [-0.1, -0.05) is 0 Å². The number of carbonyl (C=O) groups is 1. The molecule has 2 unspecified atom stereocenters. The molecule has 20 heavy (non-hydrogen) atoms. The molecule has 0 bridgehead atoms. The molecule has 4 heteroatoms. The molecule has 110 valence electrons. The average Bonchev–Trinajstić information content (AvgIpc) is 3.10. The van der Waals surface area contributed by atoms with Crippen LogP contribution in [-0.4, -0.2) is 47.9 Å². The van der Waals surface area contributed by atoms with E-state index in [0.29, 0.717) is 24.4 Å². The number of rotatable bonds is 3. The third kappa shape index (κ3) is 2.77. The SMILES string of the molecule is Cc1ccc(CC(=O)N2CCCC2C2CCCN2C)s1. The molecule has 1 amide bonds. The fourth-order valence-electron chi connectivity index (χ4n) is 3.76. The molecular weight excluding hydrogens is 268 g/mol. The number of carbonyl (C=O) groups excluding carboxylic acids is 1. The monoisotopic (exact) mass is 292 g/mol. The first-order chi connectivity index (χ1) is 9.65. The lowest BCUT2D eigenvalue weighted by molar-refractivity contribution is -0.132. The zero-order valence-electron chi connectivity index (χ0n) is 12.5. The highest BCUT2D eigenvalue weighted by atomic mass is 32.1. The number of likely N-dealkylation sites (tertiary alicyclic amines) is 2. The summed E-state index contributed by atoms with van der Waals surface area (Å²) in [4.78, 5) is 19.7. The van der Waals surface area contributed by atoms with E-state index in [2.05, 4.69) is 35.9 Å². The van der Waals surface area contributed by atoms with Gasteiger partial charge in [-0.15, -0.1) is 11.3 Å².